The summed E-state index contributed by atoms with van der Waals surface area (Å²) in [5.41, 5.74) is 4.98. The Hall–Kier alpha value is -1.64. The molecule has 2 nitrogen and oxygen atoms in total. The molecular formula is C21H26N2. The lowest BCUT2D eigenvalue weighted by molar-refractivity contribution is 0.189. The normalized spacial score (nSPS) is 22.4. The Morgan fingerprint density at radius 2 is 1.70 bits per heavy atom. The molecule has 0 unspecified atom stereocenters. The molecule has 1 N–H and O–H groups in total. The van der Waals surface area contributed by atoms with E-state index in [9.17, 15) is 0 Å². The zero-order chi connectivity index (χ0) is 15.7. The van der Waals surface area contributed by atoms with Gasteiger partial charge >= 0.3 is 0 Å². The number of fused-ring (bicyclic) bond motifs is 2. The monoisotopic (exact) mass is 306 g/mol. The molecule has 0 radical (unpaired) electrons. The first kappa shape index (κ1) is 14.9. The van der Waals surface area contributed by atoms with Gasteiger partial charge in [-0.2, -0.15) is 0 Å². The van der Waals surface area contributed by atoms with Crippen LogP contribution in [0.5, 0.6) is 0 Å². The summed E-state index contributed by atoms with van der Waals surface area (Å²) in [4.78, 5) is 2.55. The van der Waals surface area contributed by atoms with Crippen molar-refractivity contribution < 1.29 is 0 Å². The average molecular weight is 306 g/mol. The summed E-state index contributed by atoms with van der Waals surface area (Å²) in [5, 5.41) is 3.54. The van der Waals surface area contributed by atoms with Crippen LogP contribution in [-0.2, 0) is 12.0 Å². The third-order valence-electron chi connectivity index (χ3n) is 5.84. The first-order valence-electron chi connectivity index (χ1n) is 8.83. The van der Waals surface area contributed by atoms with Crippen LogP contribution in [0, 0.1) is 0 Å². The number of nitrogens with one attached hydrogen (secondary N) is 1. The molecule has 2 heteroatoms. The Balaban J connectivity index is 1.62. The number of hydrogen-bond donors (Lipinski definition) is 1. The van der Waals surface area contributed by atoms with Gasteiger partial charge in [-0.25, -0.2) is 0 Å². The predicted octanol–water partition coefficient (Wildman–Crippen LogP) is 3.88. The summed E-state index contributed by atoms with van der Waals surface area (Å²) in [6.07, 6.45) is 3.83. The van der Waals surface area contributed by atoms with E-state index >= 15 is 0 Å². The highest BCUT2D eigenvalue weighted by molar-refractivity contribution is 5.43. The van der Waals surface area contributed by atoms with Gasteiger partial charge in [0.25, 0.3) is 0 Å². The molecule has 1 spiro atoms. The standard InChI is InChI=1S/C21H26N2/c1-23(16-17-7-3-2-4-8-17)20-15-21(11-13-22-14-12-21)19-10-6-5-9-18(19)20/h2-10,20,22H,11-16H2,1H3/t20-/m0/s1. The van der Waals surface area contributed by atoms with Crippen molar-refractivity contribution in [1.29, 1.82) is 0 Å². The Morgan fingerprint density at radius 1 is 1.00 bits per heavy atom. The molecule has 2 aliphatic rings. The van der Waals surface area contributed by atoms with Gasteiger partial charge in [-0.15, -0.1) is 0 Å². The van der Waals surface area contributed by atoms with E-state index < -0.39 is 0 Å². The summed E-state index contributed by atoms with van der Waals surface area (Å²) >= 11 is 0. The number of piperidine rings is 1. The second-order valence-corrected chi connectivity index (χ2v) is 7.24. The molecular weight excluding hydrogens is 280 g/mol. The molecule has 120 valence electrons. The number of nitrogens with zero attached hydrogens (tertiary/aromatic N) is 1. The fourth-order valence-electron chi connectivity index (χ4n) is 4.61. The Labute approximate surface area is 139 Å². The highest BCUT2D eigenvalue weighted by atomic mass is 15.1. The van der Waals surface area contributed by atoms with Gasteiger partial charge in [0, 0.05) is 12.6 Å². The molecule has 1 aliphatic carbocycles. The van der Waals surface area contributed by atoms with Crippen molar-refractivity contribution in [2.45, 2.75) is 37.3 Å². The summed E-state index contributed by atoms with van der Waals surface area (Å²) in [5.74, 6) is 0. The molecule has 4 rings (SSSR count). The highest BCUT2D eigenvalue weighted by Gasteiger charge is 2.45. The predicted molar refractivity (Wildman–Crippen MR) is 95.5 cm³/mol. The molecule has 1 heterocycles. The highest BCUT2D eigenvalue weighted by Crippen LogP contribution is 2.51. The fraction of sp³-hybridized carbons (Fsp3) is 0.429. The summed E-state index contributed by atoms with van der Waals surface area (Å²) in [6.45, 7) is 3.33. The van der Waals surface area contributed by atoms with Gasteiger partial charge in [0.15, 0.2) is 0 Å². The van der Waals surface area contributed by atoms with E-state index in [2.05, 4.69) is 71.9 Å². The quantitative estimate of drug-likeness (QED) is 0.925. The molecule has 1 fully saturated rings. The minimum Gasteiger partial charge on any atom is -0.317 e. The third kappa shape index (κ3) is 2.71. The van der Waals surface area contributed by atoms with Crippen LogP contribution >= 0.6 is 0 Å². The van der Waals surface area contributed by atoms with Crippen LogP contribution in [-0.4, -0.2) is 25.0 Å². The molecule has 1 aliphatic heterocycles. The van der Waals surface area contributed by atoms with Gasteiger partial charge in [-0.05, 0) is 61.5 Å². The van der Waals surface area contributed by atoms with E-state index in [1.165, 1.54) is 24.8 Å². The maximum absolute atomic E-state index is 3.54. The van der Waals surface area contributed by atoms with Crippen LogP contribution in [0.25, 0.3) is 0 Å². The van der Waals surface area contributed by atoms with Gasteiger partial charge in [-0.1, -0.05) is 54.6 Å². The topological polar surface area (TPSA) is 15.3 Å². The Morgan fingerprint density at radius 3 is 2.48 bits per heavy atom. The van der Waals surface area contributed by atoms with Crippen LogP contribution < -0.4 is 5.32 Å². The summed E-state index contributed by atoms with van der Waals surface area (Å²) in [6, 6.07) is 20.6. The van der Waals surface area contributed by atoms with Gasteiger partial charge in [0.1, 0.15) is 0 Å². The fourth-order valence-corrected chi connectivity index (χ4v) is 4.61. The SMILES string of the molecule is CN(Cc1ccccc1)[C@H]1CC2(CCNCC2)c2ccccc21. The lowest BCUT2D eigenvalue weighted by atomic mass is 9.74. The lowest BCUT2D eigenvalue weighted by Crippen LogP contribution is -2.39. The van der Waals surface area contributed by atoms with Crippen molar-refractivity contribution in [3.63, 3.8) is 0 Å². The molecule has 1 saturated heterocycles. The van der Waals surface area contributed by atoms with Crippen molar-refractivity contribution in [2.24, 2.45) is 0 Å². The van der Waals surface area contributed by atoms with Crippen LogP contribution in [0.15, 0.2) is 54.6 Å². The second-order valence-electron chi connectivity index (χ2n) is 7.24. The van der Waals surface area contributed by atoms with E-state index in [0.717, 1.165) is 19.6 Å². The summed E-state index contributed by atoms with van der Waals surface area (Å²) < 4.78 is 0. The molecule has 2 aromatic carbocycles. The van der Waals surface area contributed by atoms with E-state index in [4.69, 9.17) is 0 Å². The molecule has 0 saturated carbocycles. The van der Waals surface area contributed by atoms with Crippen molar-refractivity contribution in [1.82, 2.24) is 10.2 Å². The Bertz CT molecular complexity index is 659. The van der Waals surface area contributed by atoms with Crippen molar-refractivity contribution in [3.8, 4) is 0 Å². The van der Waals surface area contributed by atoms with Gasteiger partial charge in [0.2, 0.25) is 0 Å². The van der Waals surface area contributed by atoms with Crippen LogP contribution in [0.1, 0.15) is 42.0 Å². The average Bonchev–Trinajstić information content (AvgIpc) is 2.91. The molecule has 0 bridgehead atoms. The van der Waals surface area contributed by atoms with E-state index in [1.54, 1.807) is 11.1 Å². The molecule has 2 aromatic rings. The van der Waals surface area contributed by atoms with Crippen molar-refractivity contribution in [3.05, 3.63) is 71.3 Å². The lowest BCUT2D eigenvalue weighted by Gasteiger charge is -2.36. The maximum Gasteiger partial charge on any atom is 0.0360 e. The van der Waals surface area contributed by atoms with Crippen LogP contribution in [0.3, 0.4) is 0 Å². The second kappa shape index (κ2) is 6.10. The first-order valence-corrected chi connectivity index (χ1v) is 8.83. The molecule has 0 aromatic heterocycles. The van der Waals surface area contributed by atoms with Crippen LogP contribution in [0.4, 0.5) is 0 Å². The number of hydrogen-bond acceptors (Lipinski definition) is 2. The van der Waals surface area contributed by atoms with E-state index in [-0.39, 0.29) is 0 Å². The minimum atomic E-state index is 0.400. The maximum atomic E-state index is 3.54. The molecule has 23 heavy (non-hydrogen) atoms. The van der Waals surface area contributed by atoms with Crippen molar-refractivity contribution >= 4 is 0 Å². The third-order valence-corrected chi connectivity index (χ3v) is 5.84. The van der Waals surface area contributed by atoms with Gasteiger partial charge in [0.05, 0.1) is 0 Å². The zero-order valence-electron chi connectivity index (χ0n) is 14.0. The van der Waals surface area contributed by atoms with E-state index in [1.807, 2.05) is 0 Å². The van der Waals surface area contributed by atoms with Crippen LogP contribution in [0.2, 0.25) is 0 Å². The molecule has 1 atom stereocenters. The smallest absolute Gasteiger partial charge is 0.0360 e. The first-order chi connectivity index (χ1) is 11.3. The summed E-state index contributed by atoms with van der Waals surface area (Å²) in [7, 11) is 2.29. The minimum absolute atomic E-state index is 0.400. The molecule has 0 amide bonds. The Kier molecular flexibility index (Phi) is 3.96. The van der Waals surface area contributed by atoms with Crippen molar-refractivity contribution in [2.75, 3.05) is 20.1 Å². The number of rotatable bonds is 3. The number of benzene rings is 2. The zero-order valence-corrected chi connectivity index (χ0v) is 14.0. The largest absolute Gasteiger partial charge is 0.317 e. The van der Waals surface area contributed by atoms with Gasteiger partial charge in [-0.3, -0.25) is 4.90 Å². The van der Waals surface area contributed by atoms with E-state index in [0.29, 0.717) is 11.5 Å². The van der Waals surface area contributed by atoms with Gasteiger partial charge < -0.3 is 5.32 Å².